The van der Waals surface area contributed by atoms with Gasteiger partial charge in [0.25, 0.3) is 0 Å². The zero-order valence-electron chi connectivity index (χ0n) is 11.2. The van der Waals surface area contributed by atoms with E-state index in [9.17, 15) is 9.59 Å². The van der Waals surface area contributed by atoms with Crippen molar-refractivity contribution in [3.05, 3.63) is 0 Å². The second-order valence-corrected chi connectivity index (χ2v) is 4.28. The molecule has 0 aromatic carbocycles. The first-order valence-corrected chi connectivity index (χ1v) is 6.54. The van der Waals surface area contributed by atoms with Crippen LogP contribution in [0, 0.1) is 0 Å². The van der Waals surface area contributed by atoms with Gasteiger partial charge < -0.3 is 21.1 Å². The topological polar surface area (TPSA) is 95.7 Å². The molecule has 6 nitrogen and oxygen atoms in total. The smallest absolute Gasteiger partial charge is 0.314 e. The van der Waals surface area contributed by atoms with Gasteiger partial charge >= 0.3 is 12.0 Å². The Balaban J connectivity index is 0.000000321. The van der Waals surface area contributed by atoms with E-state index in [2.05, 4.69) is 5.32 Å². The Morgan fingerprint density at radius 2 is 1.83 bits per heavy atom. The molecule has 4 N–H and O–H groups in total. The van der Waals surface area contributed by atoms with E-state index in [-0.39, 0.29) is 12.5 Å². The second kappa shape index (κ2) is 10.8. The molecule has 1 rings (SSSR count). The summed E-state index contributed by atoms with van der Waals surface area (Å²) in [5.41, 5.74) is 5.05. The lowest BCUT2D eigenvalue weighted by molar-refractivity contribution is -0.136. The minimum atomic E-state index is -0.737. The van der Waals surface area contributed by atoms with Crippen molar-refractivity contribution in [2.75, 3.05) is 26.2 Å². The summed E-state index contributed by atoms with van der Waals surface area (Å²) in [6.45, 7) is 5.26. The number of nitrogens with one attached hydrogen (secondary N) is 1. The van der Waals surface area contributed by atoms with Gasteiger partial charge in [-0.1, -0.05) is 6.92 Å². The molecule has 2 amide bonds. The van der Waals surface area contributed by atoms with Crippen LogP contribution in [0.25, 0.3) is 0 Å². The van der Waals surface area contributed by atoms with E-state index >= 15 is 0 Å². The Kier molecular flexibility index (Phi) is 10.0. The third-order valence-corrected chi connectivity index (χ3v) is 2.61. The number of carbonyl (C=O) groups excluding carboxylic acids is 1. The summed E-state index contributed by atoms with van der Waals surface area (Å²) < 4.78 is 0. The maximum absolute atomic E-state index is 10.5. The molecule has 0 aromatic rings. The Morgan fingerprint density at radius 1 is 1.22 bits per heavy atom. The van der Waals surface area contributed by atoms with E-state index in [1.165, 1.54) is 6.42 Å². The average Bonchev–Trinajstić information content (AvgIpc) is 2.36. The standard InChI is InChI=1S/C6H12N2O.C6H13NO2/c7-6(9)8-4-2-1-3-5-8;1-2-4-7-5-3-6(8)9/h1-5H2,(H2,7,9);7H,2-5H2,1H3,(H,8,9). The van der Waals surface area contributed by atoms with E-state index in [1.54, 1.807) is 4.90 Å². The highest BCUT2D eigenvalue weighted by atomic mass is 16.4. The van der Waals surface area contributed by atoms with E-state index in [4.69, 9.17) is 10.8 Å². The number of hydrogen-bond donors (Lipinski definition) is 3. The van der Waals surface area contributed by atoms with Crippen LogP contribution in [0.4, 0.5) is 4.79 Å². The molecule has 1 saturated heterocycles. The summed E-state index contributed by atoms with van der Waals surface area (Å²) >= 11 is 0. The molecule has 0 aliphatic carbocycles. The Morgan fingerprint density at radius 3 is 2.22 bits per heavy atom. The van der Waals surface area contributed by atoms with Crippen molar-refractivity contribution in [2.24, 2.45) is 5.73 Å². The molecule has 0 saturated carbocycles. The first kappa shape index (κ1) is 16.7. The number of likely N-dealkylation sites (tertiary alicyclic amines) is 1. The Labute approximate surface area is 109 Å². The highest BCUT2D eigenvalue weighted by molar-refractivity contribution is 5.71. The maximum atomic E-state index is 10.5. The van der Waals surface area contributed by atoms with E-state index < -0.39 is 5.97 Å². The van der Waals surface area contributed by atoms with Crippen molar-refractivity contribution in [3.8, 4) is 0 Å². The van der Waals surface area contributed by atoms with Gasteiger partial charge in [-0.2, -0.15) is 0 Å². The molecule has 106 valence electrons. The minimum Gasteiger partial charge on any atom is -0.481 e. The maximum Gasteiger partial charge on any atom is 0.314 e. The molecule has 0 unspecified atom stereocenters. The average molecular weight is 259 g/mol. The van der Waals surface area contributed by atoms with Gasteiger partial charge in [-0.3, -0.25) is 4.79 Å². The predicted octanol–water partition coefficient (Wildman–Crippen LogP) is 1.01. The molecule has 18 heavy (non-hydrogen) atoms. The fourth-order valence-electron chi connectivity index (χ4n) is 1.61. The van der Waals surface area contributed by atoms with Gasteiger partial charge in [-0.15, -0.1) is 0 Å². The normalized spacial score (nSPS) is 14.6. The van der Waals surface area contributed by atoms with Crippen molar-refractivity contribution < 1.29 is 14.7 Å². The third kappa shape index (κ3) is 9.89. The molecule has 0 radical (unpaired) electrons. The molecular formula is C12H25N3O3. The van der Waals surface area contributed by atoms with Gasteiger partial charge in [0.2, 0.25) is 0 Å². The number of carboxylic acid groups (broad SMARTS) is 1. The number of carbonyl (C=O) groups is 2. The predicted molar refractivity (Wildman–Crippen MR) is 70.4 cm³/mol. The van der Waals surface area contributed by atoms with E-state index in [1.807, 2.05) is 6.92 Å². The quantitative estimate of drug-likeness (QED) is 0.642. The summed E-state index contributed by atoms with van der Waals surface area (Å²) in [4.78, 5) is 22.1. The molecule has 1 fully saturated rings. The van der Waals surface area contributed by atoms with Crippen molar-refractivity contribution in [2.45, 2.75) is 39.0 Å². The molecule has 6 heteroatoms. The lowest BCUT2D eigenvalue weighted by Gasteiger charge is -2.24. The first-order valence-electron chi connectivity index (χ1n) is 6.54. The van der Waals surface area contributed by atoms with Gasteiger partial charge in [0.15, 0.2) is 0 Å². The van der Waals surface area contributed by atoms with Crippen molar-refractivity contribution in [1.29, 1.82) is 0 Å². The summed E-state index contributed by atoms with van der Waals surface area (Å²) in [6, 6.07) is -0.269. The highest BCUT2D eigenvalue weighted by Gasteiger charge is 2.11. The molecule has 0 bridgehead atoms. The number of nitrogens with zero attached hydrogens (tertiary/aromatic N) is 1. The van der Waals surface area contributed by atoms with Crippen LogP contribution in [0.5, 0.6) is 0 Å². The monoisotopic (exact) mass is 259 g/mol. The van der Waals surface area contributed by atoms with Crippen LogP contribution >= 0.6 is 0 Å². The van der Waals surface area contributed by atoms with Gasteiger partial charge in [0.05, 0.1) is 6.42 Å². The van der Waals surface area contributed by atoms with Crippen LogP contribution in [-0.4, -0.2) is 48.2 Å². The minimum absolute atomic E-state index is 0.222. The van der Waals surface area contributed by atoms with Crippen LogP contribution in [0.1, 0.15) is 39.0 Å². The van der Waals surface area contributed by atoms with Gasteiger partial charge in [-0.05, 0) is 32.2 Å². The van der Waals surface area contributed by atoms with Crippen LogP contribution in [0.15, 0.2) is 0 Å². The van der Waals surface area contributed by atoms with E-state index in [0.717, 1.165) is 38.9 Å². The Bertz CT molecular complexity index is 241. The third-order valence-electron chi connectivity index (χ3n) is 2.61. The number of primary amides is 1. The highest BCUT2D eigenvalue weighted by Crippen LogP contribution is 2.07. The molecule has 0 atom stereocenters. The summed E-state index contributed by atoms with van der Waals surface area (Å²) in [7, 11) is 0. The van der Waals surface area contributed by atoms with Crippen LogP contribution in [0.2, 0.25) is 0 Å². The molecular weight excluding hydrogens is 234 g/mol. The number of hydrogen-bond acceptors (Lipinski definition) is 3. The number of amides is 2. The zero-order chi connectivity index (χ0) is 13.8. The number of piperidine rings is 1. The van der Waals surface area contributed by atoms with Gasteiger partial charge in [0, 0.05) is 19.6 Å². The SMILES string of the molecule is CCCNCCC(=O)O.NC(=O)N1CCCCC1. The van der Waals surface area contributed by atoms with Gasteiger partial charge in [-0.25, -0.2) is 4.79 Å². The molecule has 0 spiro atoms. The van der Waals surface area contributed by atoms with Crippen LogP contribution in [-0.2, 0) is 4.79 Å². The fourth-order valence-corrected chi connectivity index (χ4v) is 1.61. The number of rotatable bonds is 5. The van der Waals surface area contributed by atoms with Crippen molar-refractivity contribution in [3.63, 3.8) is 0 Å². The van der Waals surface area contributed by atoms with Gasteiger partial charge in [0.1, 0.15) is 0 Å². The lowest BCUT2D eigenvalue weighted by atomic mass is 10.1. The van der Waals surface area contributed by atoms with Crippen molar-refractivity contribution in [1.82, 2.24) is 10.2 Å². The molecule has 1 aliphatic rings. The largest absolute Gasteiger partial charge is 0.481 e. The van der Waals surface area contributed by atoms with Crippen molar-refractivity contribution >= 4 is 12.0 Å². The van der Waals surface area contributed by atoms with E-state index in [0.29, 0.717) is 6.54 Å². The summed E-state index contributed by atoms with van der Waals surface area (Å²) in [5.74, 6) is -0.737. The number of nitrogens with two attached hydrogens (primary N) is 1. The molecule has 0 aromatic heterocycles. The summed E-state index contributed by atoms with van der Waals surface area (Å²) in [5, 5.41) is 11.2. The fraction of sp³-hybridized carbons (Fsp3) is 0.833. The first-order chi connectivity index (χ1) is 8.57. The summed E-state index contributed by atoms with van der Waals surface area (Å²) in [6.07, 6.45) is 4.75. The number of carboxylic acids is 1. The second-order valence-electron chi connectivity index (χ2n) is 4.28. The zero-order valence-corrected chi connectivity index (χ0v) is 11.2. The molecule has 1 aliphatic heterocycles. The molecule has 1 heterocycles. The number of urea groups is 1. The van der Waals surface area contributed by atoms with Crippen LogP contribution in [0.3, 0.4) is 0 Å². The Hall–Kier alpha value is -1.30. The van der Waals surface area contributed by atoms with Crippen LogP contribution < -0.4 is 11.1 Å². The number of aliphatic carboxylic acids is 1. The lowest BCUT2D eigenvalue weighted by Crippen LogP contribution is -2.39.